The van der Waals surface area contributed by atoms with Crippen LogP contribution in [0.1, 0.15) is 38.1 Å². The Morgan fingerprint density at radius 3 is 3.11 bits per heavy atom. The van der Waals surface area contributed by atoms with E-state index >= 15 is 0 Å². The van der Waals surface area contributed by atoms with E-state index in [2.05, 4.69) is 10.3 Å². The summed E-state index contributed by atoms with van der Waals surface area (Å²) in [5.41, 5.74) is 0. The Labute approximate surface area is 105 Å². The predicted octanol–water partition coefficient (Wildman–Crippen LogP) is 2.33. The molecule has 1 aliphatic heterocycles. The van der Waals surface area contributed by atoms with Crippen LogP contribution in [0, 0.1) is 0 Å². The molecule has 1 fully saturated rings. The molecule has 6 heteroatoms. The Morgan fingerprint density at radius 1 is 1.50 bits per heavy atom. The molecule has 1 saturated heterocycles. The fraction of sp³-hybridized carbons (Fsp3) is 0.750. The molecule has 18 heavy (non-hydrogen) atoms. The second-order valence-corrected chi connectivity index (χ2v) is 4.48. The largest absolute Gasteiger partial charge is 0.378 e. The lowest BCUT2D eigenvalue weighted by molar-refractivity contribution is 0.0114. The van der Waals surface area contributed by atoms with Crippen molar-refractivity contribution in [1.82, 2.24) is 14.9 Å². The number of ether oxygens (including phenoxy) is 1. The van der Waals surface area contributed by atoms with Gasteiger partial charge in [0.05, 0.1) is 12.6 Å². The number of hydrogen-bond acceptors (Lipinski definition) is 3. The van der Waals surface area contributed by atoms with Gasteiger partial charge in [-0.25, -0.2) is 4.98 Å². The first kappa shape index (κ1) is 13.4. The highest BCUT2D eigenvalue weighted by atomic mass is 19.3. The zero-order chi connectivity index (χ0) is 12.8. The molecule has 1 N–H and O–H groups in total. The molecule has 0 amide bonds. The Bertz CT molecular complexity index is 351. The van der Waals surface area contributed by atoms with Gasteiger partial charge in [-0.05, 0) is 32.2 Å². The summed E-state index contributed by atoms with van der Waals surface area (Å²) in [4.78, 5) is 3.91. The summed E-state index contributed by atoms with van der Waals surface area (Å²) in [6, 6.07) is 0. The van der Waals surface area contributed by atoms with Crippen LogP contribution < -0.4 is 5.32 Å². The van der Waals surface area contributed by atoms with Crippen molar-refractivity contribution in [3.63, 3.8) is 0 Å². The van der Waals surface area contributed by atoms with Crippen molar-refractivity contribution < 1.29 is 13.5 Å². The maximum Gasteiger partial charge on any atom is 0.319 e. The molecule has 1 aromatic rings. The Hall–Kier alpha value is -1.01. The van der Waals surface area contributed by atoms with Crippen molar-refractivity contribution >= 4 is 0 Å². The number of imidazole rings is 1. The van der Waals surface area contributed by atoms with Crippen molar-refractivity contribution in [3.8, 4) is 0 Å². The lowest BCUT2D eigenvalue weighted by Crippen LogP contribution is -2.26. The molecule has 1 atom stereocenters. The van der Waals surface area contributed by atoms with Crippen molar-refractivity contribution in [2.45, 2.75) is 44.9 Å². The van der Waals surface area contributed by atoms with E-state index in [1.807, 2.05) is 0 Å². The molecule has 0 aromatic carbocycles. The maximum absolute atomic E-state index is 12.5. The topological polar surface area (TPSA) is 39.1 Å². The van der Waals surface area contributed by atoms with Crippen molar-refractivity contribution in [3.05, 3.63) is 18.2 Å². The van der Waals surface area contributed by atoms with Gasteiger partial charge in [-0.2, -0.15) is 8.78 Å². The van der Waals surface area contributed by atoms with E-state index in [4.69, 9.17) is 4.74 Å². The number of aromatic nitrogens is 2. The highest BCUT2D eigenvalue weighted by Gasteiger charge is 2.14. The van der Waals surface area contributed by atoms with Gasteiger partial charge in [-0.1, -0.05) is 0 Å². The van der Waals surface area contributed by atoms with E-state index in [-0.39, 0.29) is 0 Å². The van der Waals surface area contributed by atoms with Crippen molar-refractivity contribution in [2.24, 2.45) is 0 Å². The van der Waals surface area contributed by atoms with E-state index in [1.54, 1.807) is 0 Å². The number of halogens is 2. The van der Waals surface area contributed by atoms with Crippen LogP contribution in [0.3, 0.4) is 0 Å². The summed E-state index contributed by atoms with van der Waals surface area (Å²) >= 11 is 0. The van der Waals surface area contributed by atoms with Gasteiger partial charge in [0.25, 0.3) is 0 Å². The molecule has 102 valence electrons. The Kier molecular flexibility index (Phi) is 5.07. The van der Waals surface area contributed by atoms with E-state index in [0.717, 1.165) is 37.0 Å². The van der Waals surface area contributed by atoms with Crippen LogP contribution in [-0.2, 0) is 11.3 Å². The smallest absolute Gasteiger partial charge is 0.319 e. The van der Waals surface area contributed by atoms with Crippen LogP contribution in [0.2, 0.25) is 0 Å². The van der Waals surface area contributed by atoms with E-state index in [0.29, 0.717) is 18.5 Å². The van der Waals surface area contributed by atoms with Crippen LogP contribution >= 0.6 is 0 Å². The first-order valence-corrected chi connectivity index (χ1v) is 6.39. The third kappa shape index (κ3) is 3.74. The molecular weight excluding hydrogens is 240 g/mol. The van der Waals surface area contributed by atoms with Gasteiger partial charge in [-0.15, -0.1) is 0 Å². The summed E-state index contributed by atoms with van der Waals surface area (Å²) in [5, 5.41) is 3.13. The quantitative estimate of drug-likeness (QED) is 0.797. The minimum absolute atomic E-state index is 0.320. The molecule has 4 nitrogen and oxygen atoms in total. The van der Waals surface area contributed by atoms with Crippen LogP contribution in [0.5, 0.6) is 0 Å². The Morgan fingerprint density at radius 2 is 2.39 bits per heavy atom. The van der Waals surface area contributed by atoms with Crippen LogP contribution in [0.25, 0.3) is 0 Å². The highest BCUT2D eigenvalue weighted by Crippen LogP contribution is 2.15. The number of hydrogen-bond donors (Lipinski definition) is 1. The molecule has 0 spiro atoms. The summed E-state index contributed by atoms with van der Waals surface area (Å²) < 4.78 is 31.5. The van der Waals surface area contributed by atoms with E-state index < -0.39 is 6.55 Å². The molecule has 0 aliphatic carbocycles. The van der Waals surface area contributed by atoms with Crippen molar-refractivity contribution in [1.29, 1.82) is 0 Å². The predicted molar refractivity (Wildman–Crippen MR) is 63.4 cm³/mol. The van der Waals surface area contributed by atoms with E-state index in [9.17, 15) is 8.78 Å². The van der Waals surface area contributed by atoms with Gasteiger partial charge in [0.15, 0.2) is 0 Å². The fourth-order valence-corrected chi connectivity index (χ4v) is 2.16. The molecular formula is C12H19F2N3O. The van der Waals surface area contributed by atoms with Gasteiger partial charge in [-0.3, -0.25) is 4.57 Å². The van der Waals surface area contributed by atoms with E-state index in [1.165, 1.54) is 18.8 Å². The monoisotopic (exact) mass is 259 g/mol. The molecule has 0 saturated carbocycles. The second kappa shape index (κ2) is 6.80. The van der Waals surface area contributed by atoms with Gasteiger partial charge < -0.3 is 10.1 Å². The minimum Gasteiger partial charge on any atom is -0.378 e. The molecule has 0 bridgehead atoms. The molecule has 2 heterocycles. The molecule has 1 aliphatic rings. The van der Waals surface area contributed by atoms with Crippen LogP contribution in [-0.4, -0.2) is 28.8 Å². The summed E-state index contributed by atoms with van der Waals surface area (Å²) in [6.07, 6.45) is 7.42. The molecule has 1 unspecified atom stereocenters. The zero-order valence-corrected chi connectivity index (χ0v) is 10.3. The van der Waals surface area contributed by atoms with Crippen molar-refractivity contribution in [2.75, 3.05) is 13.2 Å². The third-order valence-electron chi connectivity index (χ3n) is 3.16. The zero-order valence-electron chi connectivity index (χ0n) is 10.3. The minimum atomic E-state index is -2.52. The Balaban J connectivity index is 1.66. The first-order chi connectivity index (χ1) is 8.77. The number of rotatable bonds is 6. The number of alkyl halides is 2. The second-order valence-electron chi connectivity index (χ2n) is 4.48. The van der Waals surface area contributed by atoms with Gasteiger partial charge in [0.1, 0.15) is 5.82 Å². The standard InChI is InChI=1S/C12H19F2N3O/c13-12(14)17-7-6-16-11(17)9-15-5-4-10-3-1-2-8-18-10/h6-7,10,12,15H,1-5,8-9H2. The molecule has 0 radical (unpaired) electrons. The maximum atomic E-state index is 12.5. The van der Waals surface area contributed by atoms with Gasteiger partial charge >= 0.3 is 6.55 Å². The lowest BCUT2D eigenvalue weighted by atomic mass is 10.1. The molecule has 2 rings (SSSR count). The SMILES string of the molecule is FC(F)n1ccnc1CNCCC1CCCCO1. The average molecular weight is 259 g/mol. The third-order valence-corrected chi connectivity index (χ3v) is 3.16. The number of nitrogens with one attached hydrogen (secondary N) is 1. The highest BCUT2D eigenvalue weighted by molar-refractivity contribution is 4.92. The fourth-order valence-electron chi connectivity index (χ4n) is 2.16. The number of nitrogens with zero attached hydrogens (tertiary/aromatic N) is 2. The summed E-state index contributed by atoms with van der Waals surface area (Å²) in [5.74, 6) is 0.370. The molecule has 1 aromatic heterocycles. The summed E-state index contributed by atoms with van der Waals surface area (Å²) in [7, 11) is 0. The average Bonchev–Trinajstić information content (AvgIpc) is 2.84. The summed E-state index contributed by atoms with van der Waals surface area (Å²) in [6.45, 7) is -0.545. The van der Waals surface area contributed by atoms with Crippen LogP contribution in [0.4, 0.5) is 8.78 Å². The lowest BCUT2D eigenvalue weighted by Gasteiger charge is -2.22. The normalized spacial score (nSPS) is 20.5. The van der Waals surface area contributed by atoms with Gasteiger partial charge in [0, 0.05) is 19.0 Å². The van der Waals surface area contributed by atoms with Gasteiger partial charge in [0.2, 0.25) is 0 Å². The van der Waals surface area contributed by atoms with Crippen LogP contribution in [0.15, 0.2) is 12.4 Å². The first-order valence-electron chi connectivity index (χ1n) is 6.39.